The van der Waals surface area contributed by atoms with Crippen LogP contribution in [0.4, 0.5) is 5.69 Å². The first kappa shape index (κ1) is 19.5. The number of hydrogen-bond donors (Lipinski definition) is 1. The summed E-state index contributed by atoms with van der Waals surface area (Å²) in [6, 6.07) is 8.85. The SMILES string of the molecule is O=C(Nc1ccc(Cl)c(S(=O)(=O)N2CCCC2)c1)c1ccc(Cl)c(Cl)c1. The van der Waals surface area contributed by atoms with Crippen molar-refractivity contribution in [2.24, 2.45) is 0 Å². The molecule has 1 aliphatic heterocycles. The van der Waals surface area contributed by atoms with Crippen LogP contribution < -0.4 is 5.32 Å². The van der Waals surface area contributed by atoms with Crippen molar-refractivity contribution in [3.05, 3.63) is 57.0 Å². The topological polar surface area (TPSA) is 66.5 Å². The Morgan fingerprint density at radius 3 is 2.23 bits per heavy atom. The maximum atomic E-state index is 12.7. The molecule has 1 heterocycles. The molecule has 0 unspecified atom stereocenters. The Balaban J connectivity index is 1.87. The number of rotatable bonds is 4. The van der Waals surface area contributed by atoms with E-state index in [1.165, 1.54) is 34.6 Å². The minimum Gasteiger partial charge on any atom is -0.322 e. The normalized spacial score (nSPS) is 15.2. The van der Waals surface area contributed by atoms with Crippen LogP contribution in [0.1, 0.15) is 23.2 Å². The van der Waals surface area contributed by atoms with Crippen molar-refractivity contribution in [1.82, 2.24) is 4.31 Å². The van der Waals surface area contributed by atoms with Crippen LogP contribution in [-0.2, 0) is 10.0 Å². The Bertz CT molecular complexity index is 958. The Morgan fingerprint density at radius 2 is 1.58 bits per heavy atom. The molecule has 0 aliphatic carbocycles. The molecular weight excluding hydrogens is 419 g/mol. The van der Waals surface area contributed by atoms with Gasteiger partial charge in [-0.3, -0.25) is 4.79 Å². The number of nitrogens with one attached hydrogen (secondary N) is 1. The molecule has 0 saturated carbocycles. The van der Waals surface area contributed by atoms with Gasteiger partial charge in [-0.05, 0) is 49.2 Å². The first-order valence-electron chi connectivity index (χ1n) is 7.85. The number of carbonyl (C=O) groups excluding carboxylic acids is 1. The summed E-state index contributed by atoms with van der Waals surface area (Å²) in [6.45, 7) is 0.942. The lowest BCUT2D eigenvalue weighted by Gasteiger charge is -2.17. The van der Waals surface area contributed by atoms with Crippen LogP contribution in [-0.4, -0.2) is 31.7 Å². The van der Waals surface area contributed by atoms with Gasteiger partial charge in [0.1, 0.15) is 4.90 Å². The second-order valence-corrected chi connectivity index (χ2v) is 8.97. The molecule has 1 saturated heterocycles. The zero-order chi connectivity index (χ0) is 18.9. The third kappa shape index (κ3) is 4.00. The zero-order valence-corrected chi connectivity index (χ0v) is 16.6. The summed E-state index contributed by atoms with van der Waals surface area (Å²) >= 11 is 17.9. The molecular formula is C17H15Cl3N2O3S. The van der Waals surface area contributed by atoms with Crippen LogP contribution in [0.5, 0.6) is 0 Å². The lowest BCUT2D eigenvalue weighted by Crippen LogP contribution is -2.28. The Labute approximate surface area is 166 Å². The zero-order valence-electron chi connectivity index (χ0n) is 13.5. The van der Waals surface area contributed by atoms with Gasteiger partial charge in [-0.15, -0.1) is 0 Å². The molecule has 1 N–H and O–H groups in total. The number of carbonyl (C=O) groups is 1. The van der Waals surface area contributed by atoms with Gasteiger partial charge in [0, 0.05) is 24.3 Å². The predicted octanol–water partition coefficient (Wildman–Crippen LogP) is 4.68. The van der Waals surface area contributed by atoms with Crippen LogP contribution in [0, 0.1) is 0 Å². The molecule has 1 amide bonds. The highest BCUT2D eigenvalue weighted by atomic mass is 35.5. The van der Waals surface area contributed by atoms with Gasteiger partial charge < -0.3 is 5.32 Å². The number of anilines is 1. The van der Waals surface area contributed by atoms with E-state index < -0.39 is 15.9 Å². The summed E-state index contributed by atoms with van der Waals surface area (Å²) in [6.07, 6.45) is 1.65. The van der Waals surface area contributed by atoms with Gasteiger partial charge in [0.15, 0.2) is 0 Å². The van der Waals surface area contributed by atoms with Crippen molar-refractivity contribution in [2.45, 2.75) is 17.7 Å². The molecule has 26 heavy (non-hydrogen) atoms. The van der Waals surface area contributed by atoms with E-state index in [4.69, 9.17) is 34.8 Å². The second kappa shape index (κ2) is 7.74. The van der Waals surface area contributed by atoms with Crippen LogP contribution in [0.25, 0.3) is 0 Å². The molecule has 0 radical (unpaired) electrons. The van der Waals surface area contributed by atoms with E-state index >= 15 is 0 Å². The smallest absolute Gasteiger partial charge is 0.255 e. The van der Waals surface area contributed by atoms with E-state index in [0.717, 1.165) is 12.8 Å². The fourth-order valence-electron chi connectivity index (χ4n) is 2.69. The monoisotopic (exact) mass is 432 g/mol. The van der Waals surface area contributed by atoms with Crippen LogP contribution >= 0.6 is 34.8 Å². The molecule has 9 heteroatoms. The van der Waals surface area contributed by atoms with Crippen molar-refractivity contribution < 1.29 is 13.2 Å². The average molecular weight is 434 g/mol. The molecule has 1 aliphatic rings. The quantitative estimate of drug-likeness (QED) is 0.761. The van der Waals surface area contributed by atoms with Crippen molar-refractivity contribution in [3.8, 4) is 0 Å². The molecule has 3 rings (SSSR count). The van der Waals surface area contributed by atoms with Gasteiger partial charge in [0.05, 0.1) is 15.1 Å². The molecule has 138 valence electrons. The Hall–Kier alpha value is -1.31. The van der Waals surface area contributed by atoms with Gasteiger partial charge in [-0.25, -0.2) is 8.42 Å². The molecule has 2 aromatic rings. The summed E-state index contributed by atoms with van der Waals surface area (Å²) in [5.74, 6) is -0.435. The standard InChI is InChI=1S/C17H15Cl3N2O3S/c18-13-5-3-11(9-15(13)20)17(23)21-12-4-6-14(19)16(10-12)26(24,25)22-7-1-2-8-22/h3-6,9-10H,1-2,7-8H2,(H,21,23). The first-order chi connectivity index (χ1) is 12.3. The molecule has 0 bridgehead atoms. The fraction of sp³-hybridized carbons (Fsp3) is 0.235. The average Bonchev–Trinajstić information content (AvgIpc) is 3.14. The Morgan fingerprint density at radius 1 is 0.923 bits per heavy atom. The lowest BCUT2D eigenvalue weighted by atomic mass is 10.2. The Kier molecular flexibility index (Phi) is 5.79. The maximum absolute atomic E-state index is 12.7. The summed E-state index contributed by atoms with van der Waals surface area (Å²) in [5.41, 5.74) is 0.626. The van der Waals surface area contributed by atoms with Gasteiger partial charge >= 0.3 is 0 Å². The third-order valence-electron chi connectivity index (χ3n) is 4.05. The highest BCUT2D eigenvalue weighted by Gasteiger charge is 2.29. The lowest BCUT2D eigenvalue weighted by molar-refractivity contribution is 0.102. The van der Waals surface area contributed by atoms with E-state index in [9.17, 15) is 13.2 Å². The molecule has 0 atom stereocenters. The van der Waals surface area contributed by atoms with Gasteiger partial charge in [-0.2, -0.15) is 4.31 Å². The number of amides is 1. The van der Waals surface area contributed by atoms with E-state index in [2.05, 4.69) is 5.32 Å². The number of halogens is 3. The molecule has 0 aromatic heterocycles. The van der Waals surface area contributed by atoms with Gasteiger partial charge in [0.2, 0.25) is 10.0 Å². The summed E-state index contributed by atoms with van der Waals surface area (Å²) in [4.78, 5) is 12.4. The van der Waals surface area contributed by atoms with E-state index in [0.29, 0.717) is 29.4 Å². The summed E-state index contributed by atoms with van der Waals surface area (Å²) < 4.78 is 26.9. The largest absolute Gasteiger partial charge is 0.322 e. The molecule has 5 nitrogen and oxygen atoms in total. The number of nitrogens with zero attached hydrogens (tertiary/aromatic N) is 1. The highest BCUT2D eigenvalue weighted by molar-refractivity contribution is 7.89. The number of sulfonamides is 1. The van der Waals surface area contributed by atoms with Gasteiger partial charge in [0.25, 0.3) is 5.91 Å². The van der Waals surface area contributed by atoms with Crippen molar-refractivity contribution in [3.63, 3.8) is 0 Å². The molecule has 1 fully saturated rings. The van der Waals surface area contributed by atoms with Crippen molar-refractivity contribution >= 4 is 56.4 Å². The molecule has 2 aromatic carbocycles. The molecule has 0 spiro atoms. The predicted molar refractivity (Wildman–Crippen MR) is 104 cm³/mol. The third-order valence-corrected chi connectivity index (χ3v) is 7.17. The van der Waals surface area contributed by atoms with Gasteiger partial charge in [-0.1, -0.05) is 34.8 Å². The summed E-state index contributed by atoms with van der Waals surface area (Å²) in [7, 11) is -3.69. The highest BCUT2D eigenvalue weighted by Crippen LogP contribution is 2.30. The van der Waals surface area contributed by atoms with E-state index in [1.54, 1.807) is 6.07 Å². The van der Waals surface area contributed by atoms with Crippen molar-refractivity contribution in [2.75, 3.05) is 18.4 Å². The first-order valence-corrected chi connectivity index (χ1v) is 10.4. The van der Waals surface area contributed by atoms with Crippen LogP contribution in [0.2, 0.25) is 15.1 Å². The number of benzene rings is 2. The van der Waals surface area contributed by atoms with Crippen molar-refractivity contribution in [1.29, 1.82) is 0 Å². The fourth-order valence-corrected chi connectivity index (χ4v) is 5.00. The number of hydrogen-bond acceptors (Lipinski definition) is 3. The van der Waals surface area contributed by atoms with E-state index in [1.807, 2.05) is 0 Å². The van der Waals surface area contributed by atoms with Crippen LogP contribution in [0.3, 0.4) is 0 Å². The van der Waals surface area contributed by atoms with Crippen LogP contribution in [0.15, 0.2) is 41.3 Å². The maximum Gasteiger partial charge on any atom is 0.255 e. The second-order valence-electron chi connectivity index (χ2n) is 5.84. The minimum atomic E-state index is -3.69. The summed E-state index contributed by atoms with van der Waals surface area (Å²) in [5, 5.41) is 3.37. The van der Waals surface area contributed by atoms with E-state index in [-0.39, 0.29) is 14.9 Å². The minimum absolute atomic E-state index is 0.0204.